The highest BCUT2D eigenvalue weighted by molar-refractivity contribution is 5.95. The Labute approximate surface area is 122 Å². The lowest BCUT2D eigenvalue weighted by Gasteiger charge is -2.17. The number of aromatic nitrogens is 2. The molecule has 1 unspecified atom stereocenters. The molecule has 0 fully saturated rings. The first kappa shape index (κ1) is 14.8. The maximum atomic E-state index is 11.7. The quantitative estimate of drug-likeness (QED) is 0.880. The SMILES string of the molecule is CCC(c1ccccc1)n1nc(C(=O)NC)cc1C(=O)O. The third kappa shape index (κ3) is 2.94. The molecule has 6 nitrogen and oxygen atoms in total. The van der Waals surface area contributed by atoms with Crippen molar-refractivity contribution in [2.75, 3.05) is 7.05 Å². The monoisotopic (exact) mass is 287 g/mol. The van der Waals surface area contributed by atoms with Crippen LogP contribution in [-0.4, -0.2) is 33.8 Å². The molecule has 0 saturated heterocycles. The van der Waals surface area contributed by atoms with Gasteiger partial charge in [0, 0.05) is 13.1 Å². The average Bonchev–Trinajstić information content (AvgIpc) is 2.93. The lowest BCUT2D eigenvalue weighted by molar-refractivity contribution is 0.0681. The maximum absolute atomic E-state index is 11.7. The summed E-state index contributed by atoms with van der Waals surface area (Å²) in [6, 6.07) is 10.6. The van der Waals surface area contributed by atoms with Gasteiger partial charge in [-0.3, -0.25) is 4.79 Å². The number of carbonyl (C=O) groups excluding carboxylic acids is 1. The molecule has 110 valence electrons. The fourth-order valence-corrected chi connectivity index (χ4v) is 2.26. The molecule has 0 radical (unpaired) electrons. The Balaban J connectivity index is 2.52. The van der Waals surface area contributed by atoms with E-state index in [1.807, 2.05) is 37.3 Å². The summed E-state index contributed by atoms with van der Waals surface area (Å²) in [5, 5.41) is 16.0. The van der Waals surface area contributed by atoms with E-state index >= 15 is 0 Å². The maximum Gasteiger partial charge on any atom is 0.354 e. The predicted octanol–water partition coefficient (Wildman–Crippen LogP) is 1.94. The Morgan fingerprint density at radius 1 is 1.33 bits per heavy atom. The van der Waals surface area contributed by atoms with E-state index in [1.165, 1.54) is 17.8 Å². The zero-order chi connectivity index (χ0) is 15.4. The van der Waals surface area contributed by atoms with Gasteiger partial charge in [-0.25, -0.2) is 9.48 Å². The van der Waals surface area contributed by atoms with Crippen molar-refractivity contribution >= 4 is 11.9 Å². The fraction of sp³-hybridized carbons (Fsp3) is 0.267. The van der Waals surface area contributed by atoms with Crippen molar-refractivity contribution in [3.63, 3.8) is 0 Å². The van der Waals surface area contributed by atoms with Crippen molar-refractivity contribution < 1.29 is 14.7 Å². The fourth-order valence-electron chi connectivity index (χ4n) is 2.26. The zero-order valence-electron chi connectivity index (χ0n) is 11.9. The van der Waals surface area contributed by atoms with Crippen LogP contribution in [-0.2, 0) is 0 Å². The van der Waals surface area contributed by atoms with Gasteiger partial charge in [0.1, 0.15) is 5.69 Å². The van der Waals surface area contributed by atoms with E-state index in [2.05, 4.69) is 10.4 Å². The van der Waals surface area contributed by atoms with Crippen LogP contribution < -0.4 is 5.32 Å². The Morgan fingerprint density at radius 2 is 2.00 bits per heavy atom. The normalized spacial score (nSPS) is 11.9. The van der Waals surface area contributed by atoms with Crippen molar-refractivity contribution in [3.8, 4) is 0 Å². The smallest absolute Gasteiger partial charge is 0.354 e. The molecule has 1 aromatic heterocycles. The number of carboxylic acids is 1. The third-order valence-corrected chi connectivity index (χ3v) is 3.28. The molecule has 1 heterocycles. The molecule has 0 aliphatic heterocycles. The second-order valence-corrected chi connectivity index (χ2v) is 4.58. The van der Waals surface area contributed by atoms with Crippen molar-refractivity contribution in [3.05, 3.63) is 53.3 Å². The minimum absolute atomic E-state index is 0.00398. The number of rotatable bonds is 5. The first-order valence-electron chi connectivity index (χ1n) is 6.68. The van der Waals surface area contributed by atoms with Crippen molar-refractivity contribution in [1.29, 1.82) is 0 Å². The summed E-state index contributed by atoms with van der Waals surface area (Å²) in [5.74, 6) is -1.51. The van der Waals surface area contributed by atoms with Gasteiger partial charge in [0.15, 0.2) is 5.69 Å². The van der Waals surface area contributed by atoms with E-state index in [9.17, 15) is 14.7 Å². The first-order chi connectivity index (χ1) is 10.1. The van der Waals surface area contributed by atoms with E-state index in [-0.39, 0.29) is 17.4 Å². The van der Waals surface area contributed by atoms with Crippen LogP contribution in [0.5, 0.6) is 0 Å². The molecular formula is C15H17N3O3. The van der Waals surface area contributed by atoms with Gasteiger partial charge in [-0.05, 0) is 12.0 Å². The molecule has 2 rings (SSSR count). The molecule has 2 N–H and O–H groups in total. The largest absolute Gasteiger partial charge is 0.477 e. The zero-order valence-corrected chi connectivity index (χ0v) is 11.9. The molecule has 0 aliphatic carbocycles. The molecule has 0 aliphatic rings. The summed E-state index contributed by atoms with van der Waals surface area (Å²) >= 11 is 0. The number of hydrogen-bond donors (Lipinski definition) is 2. The number of aromatic carboxylic acids is 1. The second-order valence-electron chi connectivity index (χ2n) is 4.58. The van der Waals surface area contributed by atoms with Gasteiger partial charge in [-0.2, -0.15) is 5.10 Å². The Morgan fingerprint density at radius 3 is 2.52 bits per heavy atom. The van der Waals surface area contributed by atoms with Crippen molar-refractivity contribution in [2.24, 2.45) is 0 Å². The number of amides is 1. The van der Waals surface area contributed by atoms with Gasteiger partial charge in [0.2, 0.25) is 0 Å². The van der Waals surface area contributed by atoms with Crippen LogP contribution in [0.15, 0.2) is 36.4 Å². The molecule has 0 bridgehead atoms. The molecule has 1 atom stereocenters. The highest BCUT2D eigenvalue weighted by Crippen LogP contribution is 2.23. The number of nitrogens with one attached hydrogen (secondary N) is 1. The summed E-state index contributed by atoms with van der Waals surface area (Å²) < 4.78 is 1.40. The highest BCUT2D eigenvalue weighted by Gasteiger charge is 2.23. The van der Waals surface area contributed by atoms with Gasteiger partial charge in [0.25, 0.3) is 5.91 Å². The lowest BCUT2D eigenvalue weighted by Crippen LogP contribution is -2.20. The van der Waals surface area contributed by atoms with Crippen molar-refractivity contribution in [2.45, 2.75) is 19.4 Å². The number of carboxylic acid groups (broad SMARTS) is 1. The highest BCUT2D eigenvalue weighted by atomic mass is 16.4. The minimum Gasteiger partial charge on any atom is -0.477 e. The molecule has 21 heavy (non-hydrogen) atoms. The summed E-state index contributed by atoms with van der Waals surface area (Å²) in [6.45, 7) is 1.95. The van der Waals surface area contributed by atoms with Crippen LogP contribution in [0.25, 0.3) is 0 Å². The van der Waals surface area contributed by atoms with E-state index in [0.717, 1.165) is 5.56 Å². The van der Waals surface area contributed by atoms with Crippen LogP contribution in [0, 0.1) is 0 Å². The molecule has 0 saturated carbocycles. The van der Waals surface area contributed by atoms with Crippen LogP contribution in [0.1, 0.15) is 45.9 Å². The van der Waals surface area contributed by atoms with Gasteiger partial charge < -0.3 is 10.4 Å². The molecule has 6 heteroatoms. The molecule has 1 aromatic carbocycles. The summed E-state index contributed by atoms with van der Waals surface area (Å²) in [7, 11) is 1.48. The average molecular weight is 287 g/mol. The minimum atomic E-state index is -1.10. The van der Waals surface area contributed by atoms with Crippen LogP contribution >= 0.6 is 0 Å². The van der Waals surface area contributed by atoms with E-state index < -0.39 is 11.9 Å². The van der Waals surface area contributed by atoms with E-state index in [4.69, 9.17) is 0 Å². The number of hydrogen-bond acceptors (Lipinski definition) is 3. The Bertz CT molecular complexity index is 649. The Hall–Kier alpha value is -2.63. The molecule has 2 aromatic rings. The van der Waals surface area contributed by atoms with Crippen LogP contribution in [0.4, 0.5) is 0 Å². The number of carbonyl (C=O) groups is 2. The predicted molar refractivity (Wildman–Crippen MR) is 77.4 cm³/mol. The number of benzene rings is 1. The molecule has 1 amide bonds. The first-order valence-corrected chi connectivity index (χ1v) is 6.68. The van der Waals surface area contributed by atoms with Crippen LogP contribution in [0.3, 0.4) is 0 Å². The molecular weight excluding hydrogens is 270 g/mol. The van der Waals surface area contributed by atoms with Gasteiger partial charge in [0.05, 0.1) is 6.04 Å². The van der Waals surface area contributed by atoms with Crippen molar-refractivity contribution in [1.82, 2.24) is 15.1 Å². The summed E-state index contributed by atoms with van der Waals surface area (Å²) in [6.07, 6.45) is 0.666. The van der Waals surface area contributed by atoms with Gasteiger partial charge >= 0.3 is 5.97 Å². The van der Waals surface area contributed by atoms with Gasteiger partial charge in [-0.15, -0.1) is 0 Å². The lowest BCUT2D eigenvalue weighted by atomic mass is 10.0. The standard InChI is InChI=1S/C15H17N3O3/c1-3-12(10-7-5-4-6-8-10)18-13(15(20)21)9-11(17-18)14(19)16-2/h4-9,12H,3H2,1-2H3,(H,16,19)(H,20,21). The Kier molecular flexibility index (Phi) is 4.37. The van der Waals surface area contributed by atoms with E-state index in [0.29, 0.717) is 6.42 Å². The summed E-state index contributed by atoms with van der Waals surface area (Å²) in [4.78, 5) is 23.1. The van der Waals surface area contributed by atoms with Gasteiger partial charge in [-0.1, -0.05) is 37.3 Å². The van der Waals surface area contributed by atoms with E-state index in [1.54, 1.807) is 0 Å². The molecule has 0 spiro atoms. The number of nitrogens with zero attached hydrogens (tertiary/aromatic N) is 2. The summed E-state index contributed by atoms with van der Waals surface area (Å²) in [5.41, 5.74) is 1.06. The second kappa shape index (κ2) is 6.21. The topological polar surface area (TPSA) is 84.2 Å². The third-order valence-electron chi connectivity index (χ3n) is 3.28. The van der Waals surface area contributed by atoms with Crippen LogP contribution in [0.2, 0.25) is 0 Å².